The summed E-state index contributed by atoms with van der Waals surface area (Å²) in [7, 11) is 0. The van der Waals surface area contributed by atoms with E-state index in [0.29, 0.717) is 10.2 Å². The van der Waals surface area contributed by atoms with Gasteiger partial charge >= 0.3 is 5.69 Å². The molecule has 0 aliphatic heterocycles. The first kappa shape index (κ1) is 11.7. The second-order valence-electron chi connectivity index (χ2n) is 4.53. The van der Waals surface area contributed by atoms with Crippen LogP contribution in [0, 0.1) is 0 Å². The molecule has 0 unspecified atom stereocenters. The van der Waals surface area contributed by atoms with Gasteiger partial charge in [-0.15, -0.1) is 11.3 Å². The van der Waals surface area contributed by atoms with E-state index in [1.54, 1.807) is 0 Å². The molecule has 0 saturated carbocycles. The van der Waals surface area contributed by atoms with E-state index >= 15 is 0 Å². The summed E-state index contributed by atoms with van der Waals surface area (Å²) in [6.45, 7) is -0.157. The van der Waals surface area contributed by atoms with Crippen molar-refractivity contribution in [3.63, 3.8) is 0 Å². The highest BCUT2D eigenvalue weighted by molar-refractivity contribution is 7.18. The number of hydrogen-bond donors (Lipinski definition) is 2. The van der Waals surface area contributed by atoms with E-state index < -0.39 is 5.69 Å². The summed E-state index contributed by atoms with van der Waals surface area (Å²) in [4.78, 5) is 28.7. The predicted octanol–water partition coefficient (Wildman–Crippen LogP) is 0.622. The Hall–Kier alpha value is -1.40. The van der Waals surface area contributed by atoms with Crippen molar-refractivity contribution in [2.24, 2.45) is 0 Å². The number of hydrogen-bond acceptors (Lipinski definition) is 4. The summed E-state index contributed by atoms with van der Waals surface area (Å²) in [5, 5.41) is 9.58. The minimum Gasteiger partial charge on any atom is -0.395 e. The lowest BCUT2D eigenvalue weighted by molar-refractivity contribution is 0.272. The van der Waals surface area contributed by atoms with Crippen molar-refractivity contribution in [1.29, 1.82) is 0 Å². The molecule has 5 nitrogen and oxygen atoms in total. The van der Waals surface area contributed by atoms with Gasteiger partial charge in [-0.25, -0.2) is 4.79 Å². The highest BCUT2D eigenvalue weighted by Gasteiger charge is 2.20. The Labute approximate surface area is 107 Å². The van der Waals surface area contributed by atoms with Crippen molar-refractivity contribution >= 4 is 21.6 Å². The molecule has 0 fully saturated rings. The van der Waals surface area contributed by atoms with E-state index in [1.807, 2.05) is 0 Å². The molecular weight excluding hydrogens is 252 g/mol. The maximum atomic E-state index is 12.3. The third-order valence-electron chi connectivity index (χ3n) is 3.42. The highest BCUT2D eigenvalue weighted by atomic mass is 32.1. The molecule has 0 saturated heterocycles. The zero-order chi connectivity index (χ0) is 12.7. The molecular formula is C12H14N2O3S. The van der Waals surface area contributed by atoms with Crippen LogP contribution in [0.5, 0.6) is 0 Å². The third kappa shape index (κ3) is 1.64. The second-order valence-corrected chi connectivity index (χ2v) is 5.63. The van der Waals surface area contributed by atoms with Crippen molar-refractivity contribution in [2.45, 2.75) is 32.2 Å². The first-order valence-electron chi connectivity index (χ1n) is 6.10. The monoisotopic (exact) mass is 266 g/mol. The number of fused-ring (bicyclic) bond motifs is 3. The maximum absolute atomic E-state index is 12.3. The number of aliphatic hydroxyl groups is 1. The van der Waals surface area contributed by atoms with E-state index in [4.69, 9.17) is 5.11 Å². The number of aliphatic hydroxyl groups excluding tert-OH is 1. The molecule has 1 aliphatic rings. The molecule has 0 aromatic carbocycles. The second kappa shape index (κ2) is 4.37. The average Bonchev–Trinajstić information content (AvgIpc) is 2.72. The molecule has 18 heavy (non-hydrogen) atoms. The van der Waals surface area contributed by atoms with Crippen LogP contribution in [0.1, 0.15) is 23.3 Å². The van der Waals surface area contributed by atoms with Gasteiger partial charge in [0.1, 0.15) is 4.83 Å². The summed E-state index contributed by atoms with van der Waals surface area (Å²) in [6.07, 6.45) is 4.15. The van der Waals surface area contributed by atoms with Gasteiger partial charge in [0.2, 0.25) is 0 Å². The number of nitrogens with zero attached hydrogens (tertiary/aromatic N) is 1. The highest BCUT2D eigenvalue weighted by Crippen LogP contribution is 2.32. The molecule has 2 heterocycles. The van der Waals surface area contributed by atoms with Crippen molar-refractivity contribution in [3.8, 4) is 0 Å². The van der Waals surface area contributed by atoms with Crippen LogP contribution in [-0.2, 0) is 19.4 Å². The summed E-state index contributed by atoms with van der Waals surface area (Å²) in [6, 6.07) is 0. The summed E-state index contributed by atoms with van der Waals surface area (Å²) in [5.41, 5.74) is 0.413. The third-order valence-corrected chi connectivity index (χ3v) is 4.63. The molecule has 0 amide bonds. The van der Waals surface area contributed by atoms with E-state index in [1.165, 1.54) is 16.2 Å². The van der Waals surface area contributed by atoms with Crippen molar-refractivity contribution in [2.75, 3.05) is 6.61 Å². The van der Waals surface area contributed by atoms with Gasteiger partial charge in [-0.1, -0.05) is 0 Å². The summed E-state index contributed by atoms with van der Waals surface area (Å²) >= 11 is 1.52. The summed E-state index contributed by atoms with van der Waals surface area (Å²) in [5.74, 6) is 0. The van der Waals surface area contributed by atoms with Crippen LogP contribution in [0.25, 0.3) is 10.2 Å². The number of aryl methyl sites for hydroxylation is 2. The fourth-order valence-corrected chi connectivity index (χ4v) is 3.85. The van der Waals surface area contributed by atoms with Gasteiger partial charge in [0, 0.05) is 4.88 Å². The standard InChI is InChI=1S/C12H14N2O3S/c15-6-5-14-11(16)9-7-3-1-2-4-8(7)18-10(9)13-12(14)17/h15H,1-6H2,(H,13,17). The van der Waals surface area contributed by atoms with Crippen LogP contribution < -0.4 is 11.2 Å². The van der Waals surface area contributed by atoms with Gasteiger partial charge < -0.3 is 5.11 Å². The van der Waals surface area contributed by atoms with E-state index in [0.717, 1.165) is 35.8 Å². The first-order valence-corrected chi connectivity index (χ1v) is 6.92. The summed E-state index contributed by atoms with van der Waals surface area (Å²) < 4.78 is 1.09. The van der Waals surface area contributed by atoms with Gasteiger partial charge in [-0.05, 0) is 31.2 Å². The van der Waals surface area contributed by atoms with Crippen LogP contribution in [0.15, 0.2) is 9.59 Å². The van der Waals surface area contributed by atoms with Crippen LogP contribution >= 0.6 is 11.3 Å². The van der Waals surface area contributed by atoms with Crippen LogP contribution in [0.4, 0.5) is 0 Å². The molecule has 0 radical (unpaired) electrons. The molecule has 1 aliphatic carbocycles. The Morgan fingerprint density at radius 3 is 2.83 bits per heavy atom. The van der Waals surface area contributed by atoms with Crippen LogP contribution in [0.3, 0.4) is 0 Å². The topological polar surface area (TPSA) is 75.1 Å². The molecule has 96 valence electrons. The normalized spacial score (nSPS) is 14.9. The quantitative estimate of drug-likeness (QED) is 0.837. The lowest BCUT2D eigenvalue weighted by atomic mass is 9.97. The minimum absolute atomic E-state index is 0.0503. The average molecular weight is 266 g/mol. The van der Waals surface area contributed by atoms with Crippen molar-refractivity contribution in [1.82, 2.24) is 9.55 Å². The zero-order valence-corrected chi connectivity index (χ0v) is 10.7. The molecule has 3 rings (SSSR count). The molecule has 0 spiro atoms. The molecule has 0 bridgehead atoms. The number of aromatic amines is 1. The SMILES string of the molecule is O=c1[nH]c2sc3c(c2c(=O)n1CCO)CCCC3. The Morgan fingerprint density at radius 1 is 1.28 bits per heavy atom. The van der Waals surface area contributed by atoms with Crippen LogP contribution in [-0.4, -0.2) is 21.3 Å². The van der Waals surface area contributed by atoms with Gasteiger partial charge in [-0.3, -0.25) is 14.3 Å². The number of H-pyrrole nitrogens is 1. The van der Waals surface area contributed by atoms with E-state index in [9.17, 15) is 9.59 Å². The fraction of sp³-hybridized carbons (Fsp3) is 0.500. The number of nitrogens with one attached hydrogen (secondary N) is 1. The Bertz CT molecular complexity index is 710. The molecule has 6 heteroatoms. The van der Waals surface area contributed by atoms with Crippen LogP contribution in [0.2, 0.25) is 0 Å². The predicted molar refractivity (Wildman–Crippen MR) is 70.4 cm³/mol. The number of rotatable bonds is 2. The first-order chi connectivity index (χ1) is 8.72. The maximum Gasteiger partial charge on any atom is 0.329 e. The van der Waals surface area contributed by atoms with Gasteiger partial charge in [-0.2, -0.15) is 0 Å². The van der Waals surface area contributed by atoms with E-state index in [2.05, 4.69) is 4.98 Å². The molecule has 2 N–H and O–H groups in total. The lowest BCUT2D eigenvalue weighted by Crippen LogP contribution is -2.35. The van der Waals surface area contributed by atoms with Crippen molar-refractivity contribution < 1.29 is 5.11 Å². The Kier molecular flexibility index (Phi) is 2.83. The zero-order valence-electron chi connectivity index (χ0n) is 9.86. The smallest absolute Gasteiger partial charge is 0.329 e. The van der Waals surface area contributed by atoms with E-state index in [-0.39, 0.29) is 18.7 Å². The molecule has 0 atom stereocenters. The lowest BCUT2D eigenvalue weighted by Gasteiger charge is -2.10. The Balaban J connectivity index is 2.36. The minimum atomic E-state index is -0.430. The largest absolute Gasteiger partial charge is 0.395 e. The van der Waals surface area contributed by atoms with Gasteiger partial charge in [0.15, 0.2) is 0 Å². The van der Waals surface area contributed by atoms with Gasteiger partial charge in [0.05, 0.1) is 18.5 Å². The van der Waals surface area contributed by atoms with Gasteiger partial charge in [0.25, 0.3) is 5.56 Å². The molecule has 2 aromatic heterocycles. The Morgan fingerprint density at radius 2 is 2.06 bits per heavy atom. The molecule has 2 aromatic rings. The fourth-order valence-electron chi connectivity index (χ4n) is 2.58. The number of aromatic nitrogens is 2. The van der Waals surface area contributed by atoms with Crippen molar-refractivity contribution in [3.05, 3.63) is 31.3 Å². The number of thiophene rings is 1.